The van der Waals surface area contributed by atoms with Crippen molar-refractivity contribution in [3.63, 3.8) is 0 Å². The number of hydrogen-bond donors (Lipinski definition) is 2. The predicted molar refractivity (Wildman–Crippen MR) is 63.7 cm³/mol. The van der Waals surface area contributed by atoms with Gasteiger partial charge in [0.15, 0.2) is 0 Å². The van der Waals surface area contributed by atoms with Crippen molar-refractivity contribution >= 4 is 5.91 Å². The smallest absolute Gasteiger partial charge is 0.237 e. The first kappa shape index (κ1) is 12.6. The molecular formula is C12H19N3O. The molecule has 1 aromatic heterocycles. The minimum Gasteiger partial charge on any atom is -0.351 e. The summed E-state index contributed by atoms with van der Waals surface area (Å²) in [5.41, 5.74) is 7.65. The van der Waals surface area contributed by atoms with Crippen LogP contribution in [0.25, 0.3) is 0 Å². The highest BCUT2D eigenvalue weighted by Gasteiger charge is 2.11. The average molecular weight is 221 g/mol. The molecule has 0 fully saturated rings. The van der Waals surface area contributed by atoms with E-state index in [1.807, 2.05) is 26.0 Å². The van der Waals surface area contributed by atoms with Crippen LogP contribution in [0.3, 0.4) is 0 Å². The summed E-state index contributed by atoms with van der Waals surface area (Å²) < 4.78 is 0. The Balaban J connectivity index is 2.39. The predicted octanol–water partition coefficient (Wildman–Crippen LogP) is 1.13. The molecule has 16 heavy (non-hydrogen) atoms. The van der Waals surface area contributed by atoms with Crippen LogP contribution in [0.5, 0.6) is 0 Å². The minimum atomic E-state index is -0.400. The quantitative estimate of drug-likeness (QED) is 0.783. The highest BCUT2D eigenvalue weighted by Crippen LogP contribution is 1.99. The van der Waals surface area contributed by atoms with Gasteiger partial charge in [-0.25, -0.2) is 0 Å². The largest absolute Gasteiger partial charge is 0.351 e. The summed E-state index contributed by atoms with van der Waals surface area (Å²) in [6.07, 6.45) is 3.40. The molecule has 1 atom stereocenters. The Kier molecular flexibility index (Phi) is 4.92. The number of nitrogens with zero attached hydrogens (tertiary/aromatic N) is 1. The zero-order valence-electron chi connectivity index (χ0n) is 9.86. The lowest BCUT2D eigenvalue weighted by molar-refractivity contribution is -0.122. The first-order valence-corrected chi connectivity index (χ1v) is 5.58. The summed E-state index contributed by atoms with van der Waals surface area (Å²) in [5.74, 6) is -0.0950. The zero-order valence-corrected chi connectivity index (χ0v) is 9.86. The van der Waals surface area contributed by atoms with Crippen molar-refractivity contribution in [2.75, 3.05) is 0 Å². The number of nitrogens with one attached hydrogen (secondary N) is 1. The van der Waals surface area contributed by atoms with E-state index in [1.54, 1.807) is 6.20 Å². The van der Waals surface area contributed by atoms with Gasteiger partial charge in [0.2, 0.25) is 5.91 Å². The van der Waals surface area contributed by atoms with E-state index in [2.05, 4.69) is 10.3 Å². The second-order valence-corrected chi connectivity index (χ2v) is 3.92. The van der Waals surface area contributed by atoms with Crippen molar-refractivity contribution in [2.45, 2.75) is 39.3 Å². The normalized spacial score (nSPS) is 12.2. The summed E-state index contributed by atoms with van der Waals surface area (Å²) in [6.45, 7) is 4.43. The van der Waals surface area contributed by atoms with E-state index >= 15 is 0 Å². The Bertz CT molecular complexity index is 335. The molecule has 0 radical (unpaired) electrons. The van der Waals surface area contributed by atoms with Crippen molar-refractivity contribution in [2.24, 2.45) is 5.73 Å². The fraction of sp³-hybridized carbons (Fsp3) is 0.500. The Morgan fingerprint density at radius 3 is 2.88 bits per heavy atom. The molecule has 0 aliphatic heterocycles. The molecule has 3 N–H and O–H groups in total. The maximum absolute atomic E-state index is 11.5. The third-order valence-corrected chi connectivity index (χ3v) is 2.38. The van der Waals surface area contributed by atoms with Crippen molar-refractivity contribution in [3.8, 4) is 0 Å². The second-order valence-electron chi connectivity index (χ2n) is 3.92. The number of carbonyl (C=O) groups excluding carboxylic acids is 1. The van der Waals surface area contributed by atoms with Gasteiger partial charge < -0.3 is 11.1 Å². The van der Waals surface area contributed by atoms with Crippen LogP contribution in [-0.4, -0.2) is 16.9 Å². The van der Waals surface area contributed by atoms with Crippen molar-refractivity contribution in [1.29, 1.82) is 0 Å². The van der Waals surface area contributed by atoms with E-state index in [4.69, 9.17) is 5.73 Å². The van der Waals surface area contributed by atoms with Crippen LogP contribution < -0.4 is 11.1 Å². The summed E-state index contributed by atoms with van der Waals surface area (Å²) in [5, 5.41) is 2.80. The van der Waals surface area contributed by atoms with E-state index in [9.17, 15) is 4.79 Å². The highest BCUT2D eigenvalue weighted by atomic mass is 16.2. The molecule has 0 bridgehead atoms. The van der Waals surface area contributed by atoms with Gasteiger partial charge in [-0.3, -0.25) is 9.78 Å². The number of nitrogens with two attached hydrogens (primary N) is 1. The van der Waals surface area contributed by atoms with Crippen LogP contribution in [0, 0.1) is 6.92 Å². The Labute approximate surface area is 96.3 Å². The van der Waals surface area contributed by atoms with E-state index in [0.717, 1.165) is 24.1 Å². The lowest BCUT2D eigenvalue weighted by Crippen LogP contribution is -2.40. The van der Waals surface area contributed by atoms with Gasteiger partial charge in [0.25, 0.3) is 0 Å². The lowest BCUT2D eigenvalue weighted by Gasteiger charge is -2.10. The molecule has 0 unspecified atom stereocenters. The molecule has 4 nitrogen and oxygen atoms in total. The van der Waals surface area contributed by atoms with Crippen LogP contribution in [0.15, 0.2) is 18.3 Å². The van der Waals surface area contributed by atoms with E-state index in [0.29, 0.717) is 6.54 Å². The lowest BCUT2D eigenvalue weighted by atomic mass is 10.1. The SMILES string of the molecule is CCC[C@H](N)C(=O)NCc1ccc(C)nc1. The Hall–Kier alpha value is -1.42. The van der Waals surface area contributed by atoms with Gasteiger partial charge in [0, 0.05) is 18.4 Å². The third kappa shape index (κ3) is 3.98. The summed E-state index contributed by atoms with van der Waals surface area (Å²) in [4.78, 5) is 15.7. The van der Waals surface area contributed by atoms with E-state index in [-0.39, 0.29) is 5.91 Å². The molecule has 88 valence electrons. The molecule has 4 heteroatoms. The Morgan fingerprint density at radius 1 is 1.56 bits per heavy atom. The van der Waals surface area contributed by atoms with Gasteiger partial charge in [-0.2, -0.15) is 0 Å². The van der Waals surface area contributed by atoms with Crippen molar-refractivity contribution in [3.05, 3.63) is 29.6 Å². The van der Waals surface area contributed by atoms with Crippen LogP contribution in [0.4, 0.5) is 0 Å². The van der Waals surface area contributed by atoms with Gasteiger partial charge in [-0.05, 0) is 25.0 Å². The number of rotatable bonds is 5. The van der Waals surface area contributed by atoms with Crippen LogP contribution in [0.2, 0.25) is 0 Å². The molecule has 0 saturated heterocycles. The van der Waals surface area contributed by atoms with Gasteiger partial charge in [0.05, 0.1) is 6.04 Å². The fourth-order valence-electron chi connectivity index (χ4n) is 1.37. The standard InChI is InChI=1S/C12H19N3O/c1-3-4-11(13)12(16)15-8-10-6-5-9(2)14-7-10/h5-7,11H,3-4,8,13H2,1-2H3,(H,15,16)/t11-/m0/s1. The summed E-state index contributed by atoms with van der Waals surface area (Å²) in [7, 11) is 0. The first-order valence-electron chi connectivity index (χ1n) is 5.58. The monoisotopic (exact) mass is 221 g/mol. The van der Waals surface area contributed by atoms with Crippen LogP contribution in [0.1, 0.15) is 31.0 Å². The number of amides is 1. The molecular weight excluding hydrogens is 202 g/mol. The Morgan fingerprint density at radius 2 is 2.31 bits per heavy atom. The molecule has 1 rings (SSSR count). The molecule has 1 heterocycles. The molecule has 0 aromatic carbocycles. The number of pyridine rings is 1. The summed E-state index contributed by atoms with van der Waals surface area (Å²) >= 11 is 0. The van der Waals surface area contributed by atoms with Crippen molar-refractivity contribution in [1.82, 2.24) is 10.3 Å². The third-order valence-electron chi connectivity index (χ3n) is 2.38. The van der Waals surface area contributed by atoms with Crippen LogP contribution in [-0.2, 0) is 11.3 Å². The average Bonchev–Trinajstić information content (AvgIpc) is 2.28. The van der Waals surface area contributed by atoms with E-state index < -0.39 is 6.04 Å². The fourth-order valence-corrected chi connectivity index (χ4v) is 1.37. The summed E-state index contributed by atoms with van der Waals surface area (Å²) in [6, 6.07) is 3.48. The van der Waals surface area contributed by atoms with Crippen molar-refractivity contribution < 1.29 is 4.79 Å². The minimum absolute atomic E-state index is 0.0950. The second kappa shape index (κ2) is 6.23. The first-order chi connectivity index (χ1) is 7.63. The van der Waals surface area contributed by atoms with Gasteiger partial charge >= 0.3 is 0 Å². The number of aromatic nitrogens is 1. The van der Waals surface area contributed by atoms with Gasteiger partial charge in [-0.1, -0.05) is 19.4 Å². The van der Waals surface area contributed by atoms with Gasteiger partial charge in [0.1, 0.15) is 0 Å². The maximum atomic E-state index is 11.5. The molecule has 0 saturated carbocycles. The topological polar surface area (TPSA) is 68.0 Å². The van der Waals surface area contributed by atoms with E-state index in [1.165, 1.54) is 0 Å². The highest BCUT2D eigenvalue weighted by molar-refractivity contribution is 5.81. The number of aryl methyl sites for hydroxylation is 1. The molecule has 0 aliphatic rings. The van der Waals surface area contributed by atoms with Crippen LogP contribution >= 0.6 is 0 Å². The zero-order chi connectivity index (χ0) is 12.0. The number of carbonyl (C=O) groups is 1. The molecule has 0 aliphatic carbocycles. The maximum Gasteiger partial charge on any atom is 0.237 e. The van der Waals surface area contributed by atoms with Gasteiger partial charge in [-0.15, -0.1) is 0 Å². The molecule has 1 amide bonds. The number of hydrogen-bond acceptors (Lipinski definition) is 3. The molecule has 1 aromatic rings. The molecule has 0 spiro atoms.